The molecule has 0 aliphatic carbocycles. The van der Waals surface area contributed by atoms with Gasteiger partial charge in [-0.15, -0.1) is 0 Å². The van der Waals surface area contributed by atoms with Crippen LogP contribution in [0.15, 0.2) is 36.5 Å². The van der Waals surface area contributed by atoms with Crippen LogP contribution in [0.4, 0.5) is 4.53 Å². The average Bonchev–Trinajstić information content (AvgIpc) is 3.05. The number of carbonyl (C=O) groups is 1. The van der Waals surface area contributed by atoms with Crippen LogP contribution in [-0.2, 0) is 11.5 Å². The van der Waals surface area contributed by atoms with Crippen molar-refractivity contribution in [2.45, 2.75) is 39.8 Å². The number of amides is 1. The van der Waals surface area contributed by atoms with Gasteiger partial charge in [0.1, 0.15) is 23.1 Å². The minimum absolute atomic E-state index is 0.00516. The lowest BCUT2D eigenvalue weighted by Crippen LogP contribution is -2.39. The van der Waals surface area contributed by atoms with E-state index >= 15 is 0 Å². The number of aromatic hydroxyl groups is 1. The second-order valence-electron chi connectivity index (χ2n) is 8.12. The first-order chi connectivity index (χ1) is 15.1. The Hall–Kier alpha value is -3.77. The van der Waals surface area contributed by atoms with Gasteiger partial charge in [0, 0.05) is 24.0 Å². The third-order valence-electron chi connectivity index (χ3n) is 5.06. The topological polar surface area (TPSA) is 113 Å². The molecule has 0 spiro atoms. The second kappa shape index (κ2) is 9.16. The van der Waals surface area contributed by atoms with Crippen molar-refractivity contribution in [2.24, 2.45) is 0 Å². The first-order valence-corrected chi connectivity index (χ1v) is 9.95. The maximum Gasteiger partial charge on any atom is 0.269 e. The molecule has 2 N–H and O–H groups in total. The highest BCUT2D eigenvalue weighted by molar-refractivity contribution is 5.92. The van der Waals surface area contributed by atoms with Crippen molar-refractivity contribution in [2.75, 3.05) is 6.54 Å². The van der Waals surface area contributed by atoms with Crippen LogP contribution in [0.5, 0.6) is 5.75 Å². The monoisotopic (exact) mass is 437 g/mol. The predicted octanol–water partition coefficient (Wildman–Crippen LogP) is 3.60. The largest absolute Gasteiger partial charge is 0.507 e. The number of phenols is 1. The van der Waals surface area contributed by atoms with Crippen LogP contribution in [0.3, 0.4) is 0 Å². The van der Waals surface area contributed by atoms with E-state index in [1.165, 1.54) is 13.8 Å². The molecular weight excluding hydrogens is 413 g/mol. The molecule has 0 saturated heterocycles. The summed E-state index contributed by atoms with van der Waals surface area (Å²) in [6.07, 6.45) is 1.59. The lowest BCUT2D eigenvalue weighted by atomic mass is 10.0. The molecule has 0 bridgehead atoms. The molecule has 2 heterocycles. The number of hydrogen-bond donors (Lipinski definition) is 2. The van der Waals surface area contributed by atoms with E-state index < -0.39 is 11.5 Å². The van der Waals surface area contributed by atoms with Crippen LogP contribution in [0.25, 0.3) is 11.1 Å². The zero-order valence-corrected chi connectivity index (χ0v) is 18.3. The Bertz CT molecular complexity index is 1180. The van der Waals surface area contributed by atoms with Crippen LogP contribution in [0.2, 0.25) is 0 Å². The molecule has 0 fully saturated rings. The third-order valence-corrected chi connectivity index (χ3v) is 5.06. The number of nitrogens with zero attached hydrogens (tertiary/aromatic N) is 4. The Morgan fingerprint density at radius 2 is 2.06 bits per heavy atom. The molecule has 0 radical (unpaired) electrons. The third kappa shape index (κ3) is 4.92. The van der Waals surface area contributed by atoms with E-state index in [4.69, 9.17) is 5.26 Å². The summed E-state index contributed by atoms with van der Waals surface area (Å²) in [5.41, 5.74) is 3.48. The van der Waals surface area contributed by atoms with Gasteiger partial charge in [0.15, 0.2) is 0 Å². The van der Waals surface area contributed by atoms with E-state index in [0.29, 0.717) is 6.54 Å². The zero-order valence-electron chi connectivity index (χ0n) is 18.3. The maximum absolute atomic E-state index is 12.4. The molecule has 166 valence electrons. The number of phenolic OH excluding ortho intramolecular Hbond substituents is 1. The Morgan fingerprint density at radius 1 is 1.31 bits per heavy atom. The Labute approximate surface area is 185 Å². The van der Waals surface area contributed by atoms with Crippen molar-refractivity contribution >= 4 is 5.91 Å². The standard InChI is InChI=1S/C23H24FN5O3/c1-14-21(17-6-7-18(10-25)20(30)9-17)15(2)29(28-14)12-16-5-8-19(26-11-16)22(31)27-13-23(3,4)32-24/h5-9,11,30H,12-13H2,1-4H3,(H,27,31). The minimum atomic E-state index is -1.12. The summed E-state index contributed by atoms with van der Waals surface area (Å²) in [6.45, 7) is 7.28. The van der Waals surface area contributed by atoms with Crippen molar-refractivity contribution in [3.63, 3.8) is 0 Å². The van der Waals surface area contributed by atoms with Gasteiger partial charge in [-0.25, -0.2) is 0 Å². The van der Waals surface area contributed by atoms with Crippen molar-refractivity contribution in [1.82, 2.24) is 20.1 Å². The Balaban J connectivity index is 1.76. The lowest BCUT2D eigenvalue weighted by molar-refractivity contribution is -0.219. The van der Waals surface area contributed by atoms with E-state index in [0.717, 1.165) is 28.1 Å². The number of aryl methyl sites for hydroxylation is 1. The Kier molecular flexibility index (Phi) is 6.55. The molecule has 9 heteroatoms. The summed E-state index contributed by atoms with van der Waals surface area (Å²) in [5.74, 6) is -0.494. The number of nitrogens with one attached hydrogen (secondary N) is 1. The van der Waals surface area contributed by atoms with Gasteiger partial charge in [0.2, 0.25) is 0 Å². The number of halogens is 1. The van der Waals surface area contributed by atoms with Crippen LogP contribution in [0, 0.1) is 25.2 Å². The van der Waals surface area contributed by atoms with Crippen molar-refractivity contribution in [3.05, 3.63) is 64.7 Å². The van der Waals surface area contributed by atoms with Gasteiger partial charge in [-0.1, -0.05) is 12.1 Å². The van der Waals surface area contributed by atoms with Crippen LogP contribution < -0.4 is 5.32 Å². The summed E-state index contributed by atoms with van der Waals surface area (Å²) in [5, 5.41) is 26.2. The van der Waals surface area contributed by atoms with Gasteiger partial charge in [0.05, 0.1) is 17.8 Å². The fourth-order valence-electron chi connectivity index (χ4n) is 3.29. The summed E-state index contributed by atoms with van der Waals surface area (Å²) in [6, 6.07) is 10.2. The molecule has 1 amide bonds. The number of nitriles is 1. The highest BCUT2D eigenvalue weighted by atomic mass is 19.3. The highest BCUT2D eigenvalue weighted by Gasteiger charge is 2.21. The first-order valence-electron chi connectivity index (χ1n) is 9.95. The molecular formula is C23H24FN5O3. The Morgan fingerprint density at radius 3 is 2.66 bits per heavy atom. The summed E-state index contributed by atoms with van der Waals surface area (Å²) >= 11 is 0. The fraction of sp³-hybridized carbons (Fsp3) is 0.304. The first kappa shape index (κ1) is 22.9. The molecule has 3 aromatic rings. The number of pyridine rings is 1. The van der Waals surface area contributed by atoms with E-state index in [1.807, 2.05) is 24.6 Å². The van der Waals surface area contributed by atoms with E-state index in [-0.39, 0.29) is 23.6 Å². The normalized spacial score (nSPS) is 11.2. The molecule has 32 heavy (non-hydrogen) atoms. The summed E-state index contributed by atoms with van der Waals surface area (Å²) in [4.78, 5) is 20.2. The van der Waals surface area contributed by atoms with Gasteiger partial charge in [-0.05, 0) is 61.5 Å². The van der Waals surface area contributed by atoms with E-state index in [2.05, 4.69) is 20.3 Å². The van der Waals surface area contributed by atoms with Crippen LogP contribution >= 0.6 is 0 Å². The van der Waals surface area contributed by atoms with E-state index in [9.17, 15) is 14.4 Å². The predicted molar refractivity (Wildman–Crippen MR) is 115 cm³/mol. The number of hydrogen-bond acceptors (Lipinski definition) is 6. The zero-order chi connectivity index (χ0) is 23.5. The molecule has 0 aliphatic rings. The molecule has 0 unspecified atom stereocenters. The SMILES string of the molecule is Cc1nn(Cc2ccc(C(=O)NCC(C)(C)OF)nc2)c(C)c1-c1ccc(C#N)c(O)c1. The van der Waals surface area contributed by atoms with Crippen LogP contribution in [0.1, 0.15) is 46.9 Å². The molecule has 1 aromatic carbocycles. The van der Waals surface area contributed by atoms with Crippen molar-refractivity contribution < 1.29 is 19.4 Å². The smallest absolute Gasteiger partial charge is 0.269 e. The van der Waals surface area contributed by atoms with Crippen molar-refractivity contribution in [1.29, 1.82) is 5.26 Å². The van der Waals surface area contributed by atoms with E-state index in [1.54, 1.807) is 36.5 Å². The molecule has 0 aliphatic heterocycles. The quantitative estimate of drug-likeness (QED) is 0.584. The van der Waals surface area contributed by atoms with Gasteiger partial charge in [-0.2, -0.15) is 15.3 Å². The molecule has 0 saturated carbocycles. The second-order valence-corrected chi connectivity index (χ2v) is 8.12. The number of aromatic nitrogens is 3. The molecule has 3 rings (SSSR count). The minimum Gasteiger partial charge on any atom is -0.507 e. The highest BCUT2D eigenvalue weighted by Crippen LogP contribution is 2.31. The lowest BCUT2D eigenvalue weighted by Gasteiger charge is -2.18. The number of benzene rings is 1. The summed E-state index contributed by atoms with van der Waals surface area (Å²) < 4.78 is 14.2. The maximum atomic E-state index is 12.4. The fourth-order valence-corrected chi connectivity index (χ4v) is 3.29. The van der Waals surface area contributed by atoms with Gasteiger partial charge < -0.3 is 10.4 Å². The molecule has 2 aromatic heterocycles. The van der Waals surface area contributed by atoms with Gasteiger partial charge >= 0.3 is 0 Å². The van der Waals surface area contributed by atoms with Crippen LogP contribution in [-0.4, -0.2) is 37.9 Å². The van der Waals surface area contributed by atoms with Gasteiger partial charge in [-0.3, -0.25) is 14.5 Å². The van der Waals surface area contributed by atoms with Gasteiger partial charge in [0.25, 0.3) is 5.91 Å². The number of carbonyl (C=O) groups excluding carboxylic acids is 1. The van der Waals surface area contributed by atoms with Crippen molar-refractivity contribution in [3.8, 4) is 22.9 Å². The average molecular weight is 437 g/mol. The number of rotatable bonds is 7. The molecule has 8 nitrogen and oxygen atoms in total. The molecule has 0 atom stereocenters. The summed E-state index contributed by atoms with van der Waals surface area (Å²) in [7, 11) is 0.